The van der Waals surface area contributed by atoms with Crippen molar-refractivity contribution in [2.45, 2.75) is 33.3 Å². The van der Waals surface area contributed by atoms with Gasteiger partial charge in [0.2, 0.25) is 5.91 Å². The van der Waals surface area contributed by atoms with Gasteiger partial charge in [-0.2, -0.15) is 0 Å². The molecule has 0 saturated heterocycles. The minimum Gasteiger partial charge on any atom is -0.494 e. The predicted octanol–water partition coefficient (Wildman–Crippen LogP) is 4.47. The van der Waals surface area contributed by atoms with Crippen LogP contribution in [0.5, 0.6) is 11.5 Å². The highest BCUT2D eigenvalue weighted by molar-refractivity contribution is 5.91. The number of hydrogen-bond acceptors (Lipinski definition) is 5. The van der Waals surface area contributed by atoms with Crippen molar-refractivity contribution >= 4 is 11.7 Å². The van der Waals surface area contributed by atoms with Gasteiger partial charge < -0.3 is 14.8 Å². The van der Waals surface area contributed by atoms with Gasteiger partial charge in [-0.25, -0.2) is 4.98 Å². The fourth-order valence-electron chi connectivity index (χ4n) is 2.66. The summed E-state index contributed by atoms with van der Waals surface area (Å²) in [7, 11) is 0. The van der Waals surface area contributed by atoms with Gasteiger partial charge in [0.25, 0.3) is 0 Å². The van der Waals surface area contributed by atoms with E-state index in [0.29, 0.717) is 37.6 Å². The van der Waals surface area contributed by atoms with Crippen molar-refractivity contribution in [2.75, 3.05) is 11.9 Å². The molecule has 6 heteroatoms. The number of nitrogens with one attached hydrogen (secondary N) is 1. The summed E-state index contributed by atoms with van der Waals surface area (Å²) in [4.78, 5) is 20.5. The first-order valence-corrected chi connectivity index (χ1v) is 9.58. The summed E-state index contributed by atoms with van der Waals surface area (Å²) in [6.07, 6.45) is 6.00. The average molecular weight is 391 g/mol. The molecule has 0 fully saturated rings. The van der Waals surface area contributed by atoms with E-state index < -0.39 is 0 Å². The Balaban J connectivity index is 1.45. The Hall–Kier alpha value is -3.41. The lowest BCUT2D eigenvalue weighted by Crippen LogP contribution is -2.14. The molecule has 0 saturated carbocycles. The lowest BCUT2D eigenvalue weighted by molar-refractivity contribution is -0.116. The van der Waals surface area contributed by atoms with Crippen LogP contribution in [0.15, 0.2) is 61.1 Å². The molecule has 0 atom stereocenters. The molecule has 0 aliphatic heterocycles. The Kier molecular flexibility index (Phi) is 7.16. The Bertz CT molecular complexity index is 945. The van der Waals surface area contributed by atoms with Gasteiger partial charge in [-0.05, 0) is 73.4 Å². The topological polar surface area (TPSA) is 73.3 Å². The number of rotatable bonds is 9. The van der Waals surface area contributed by atoms with Gasteiger partial charge in [0, 0.05) is 25.0 Å². The fraction of sp³-hybridized carbons (Fsp3) is 0.261. The Morgan fingerprint density at radius 2 is 1.83 bits per heavy atom. The van der Waals surface area contributed by atoms with Crippen LogP contribution >= 0.6 is 0 Å². The highest BCUT2D eigenvalue weighted by atomic mass is 16.5. The average Bonchev–Trinajstić information content (AvgIpc) is 2.74. The zero-order chi connectivity index (χ0) is 20.5. The molecule has 2 aromatic heterocycles. The third-order valence-electron chi connectivity index (χ3n) is 4.47. The lowest BCUT2D eigenvalue weighted by atomic mass is 10.1. The van der Waals surface area contributed by atoms with Crippen molar-refractivity contribution in [1.29, 1.82) is 0 Å². The van der Waals surface area contributed by atoms with Gasteiger partial charge in [-0.1, -0.05) is 6.07 Å². The number of anilines is 1. The van der Waals surface area contributed by atoms with Crippen LogP contribution in [0.4, 0.5) is 5.82 Å². The van der Waals surface area contributed by atoms with E-state index in [9.17, 15) is 4.79 Å². The van der Waals surface area contributed by atoms with Crippen LogP contribution in [0.1, 0.15) is 29.5 Å². The molecule has 3 rings (SSSR count). The quantitative estimate of drug-likeness (QED) is 0.545. The highest BCUT2D eigenvalue weighted by Gasteiger charge is 2.09. The summed E-state index contributed by atoms with van der Waals surface area (Å²) in [6, 6.07) is 13.3. The van der Waals surface area contributed by atoms with Crippen molar-refractivity contribution in [3.8, 4) is 11.5 Å². The van der Waals surface area contributed by atoms with Gasteiger partial charge in [0.1, 0.15) is 12.4 Å². The molecule has 6 nitrogen and oxygen atoms in total. The minimum atomic E-state index is -0.124. The lowest BCUT2D eigenvalue weighted by Gasteiger charge is -2.12. The Morgan fingerprint density at radius 3 is 2.62 bits per heavy atom. The Labute approximate surface area is 170 Å². The number of carbonyl (C=O) groups excluding carboxylic acids is 1. The second kappa shape index (κ2) is 10.2. The van der Waals surface area contributed by atoms with E-state index in [2.05, 4.69) is 29.1 Å². The highest BCUT2D eigenvalue weighted by Crippen LogP contribution is 2.22. The molecule has 1 aromatic carbocycles. The third-order valence-corrected chi connectivity index (χ3v) is 4.47. The third kappa shape index (κ3) is 6.31. The van der Waals surface area contributed by atoms with E-state index in [-0.39, 0.29) is 5.91 Å². The van der Waals surface area contributed by atoms with E-state index in [4.69, 9.17) is 9.47 Å². The summed E-state index contributed by atoms with van der Waals surface area (Å²) >= 11 is 0. The van der Waals surface area contributed by atoms with Gasteiger partial charge in [0.15, 0.2) is 11.6 Å². The number of pyridine rings is 2. The van der Waals surface area contributed by atoms with Gasteiger partial charge in [-0.3, -0.25) is 9.78 Å². The van der Waals surface area contributed by atoms with E-state index in [1.807, 2.05) is 30.3 Å². The fourth-order valence-corrected chi connectivity index (χ4v) is 2.66. The van der Waals surface area contributed by atoms with Crippen LogP contribution in [0.3, 0.4) is 0 Å². The summed E-state index contributed by atoms with van der Waals surface area (Å²) in [5, 5.41) is 2.82. The second-order valence-electron chi connectivity index (χ2n) is 6.74. The number of benzene rings is 1. The number of aromatic nitrogens is 2. The summed E-state index contributed by atoms with van der Waals surface area (Å²) in [5.41, 5.74) is 3.41. The Morgan fingerprint density at radius 1 is 1.00 bits per heavy atom. The van der Waals surface area contributed by atoms with Crippen LogP contribution in [0.2, 0.25) is 0 Å². The molecule has 1 N–H and O–H groups in total. The smallest absolute Gasteiger partial charge is 0.225 e. The SMILES string of the molecule is Cc1ccc(OCCCC(=O)Nc2ncccc2OCc2ccncc2)cc1C. The summed E-state index contributed by atoms with van der Waals surface area (Å²) in [6.45, 7) is 4.97. The normalized spacial score (nSPS) is 10.4. The molecule has 1 amide bonds. The van der Waals surface area contributed by atoms with Crippen LogP contribution in [-0.2, 0) is 11.4 Å². The molecule has 150 valence electrons. The van der Waals surface area contributed by atoms with Crippen LogP contribution < -0.4 is 14.8 Å². The number of nitrogens with zero attached hydrogens (tertiary/aromatic N) is 2. The minimum absolute atomic E-state index is 0.124. The van der Waals surface area contributed by atoms with Gasteiger partial charge >= 0.3 is 0 Å². The molecular weight excluding hydrogens is 366 g/mol. The first-order valence-electron chi connectivity index (χ1n) is 9.58. The van der Waals surface area contributed by atoms with Crippen molar-refractivity contribution < 1.29 is 14.3 Å². The summed E-state index contributed by atoms with van der Waals surface area (Å²) < 4.78 is 11.5. The number of hydrogen-bond donors (Lipinski definition) is 1. The zero-order valence-electron chi connectivity index (χ0n) is 16.7. The van der Waals surface area contributed by atoms with Crippen molar-refractivity contribution in [3.63, 3.8) is 0 Å². The monoisotopic (exact) mass is 391 g/mol. The van der Waals surface area contributed by atoms with E-state index in [1.54, 1.807) is 30.7 Å². The van der Waals surface area contributed by atoms with Crippen LogP contribution in [-0.4, -0.2) is 22.5 Å². The first kappa shape index (κ1) is 20.3. The van der Waals surface area contributed by atoms with Crippen molar-refractivity contribution in [2.24, 2.45) is 0 Å². The molecule has 2 heterocycles. The molecule has 0 radical (unpaired) electrons. The molecule has 0 aliphatic carbocycles. The largest absolute Gasteiger partial charge is 0.494 e. The van der Waals surface area contributed by atoms with E-state index in [1.165, 1.54) is 11.1 Å². The maximum absolute atomic E-state index is 12.3. The summed E-state index contributed by atoms with van der Waals surface area (Å²) in [5.74, 6) is 1.65. The number of aryl methyl sites for hydroxylation is 2. The van der Waals surface area contributed by atoms with Gasteiger partial charge in [-0.15, -0.1) is 0 Å². The predicted molar refractivity (Wildman–Crippen MR) is 112 cm³/mol. The van der Waals surface area contributed by atoms with E-state index >= 15 is 0 Å². The standard InChI is InChI=1S/C23H25N3O3/c1-17-7-8-20(15-18(17)2)28-14-4-6-22(27)26-23-21(5-3-11-25-23)29-16-19-9-12-24-13-10-19/h3,5,7-13,15H,4,6,14,16H2,1-2H3,(H,25,26,27). The molecule has 29 heavy (non-hydrogen) atoms. The maximum Gasteiger partial charge on any atom is 0.225 e. The molecule has 0 spiro atoms. The van der Waals surface area contributed by atoms with E-state index in [0.717, 1.165) is 11.3 Å². The molecule has 0 aliphatic rings. The first-order chi connectivity index (χ1) is 14.1. The number of amides is 1. The number of carbonyl (C=O) groups is 1. The maximum atomic E-state index is 12.3. The van der Waals surface area contributed by atoms with Gasteiger partial charge in [0.05, 0.1) is 6.61 Å². The van der Waals surface area contributed by atoms with Crippen molar-refractivity contribution in [1.82, 2.24) is 9.97 Å². The zero-order valence-corrected chi connectivity index (χ0v) is 16.7. The second-order valence-corrected chi connectivity index (χ2v) is 6.74. The molecule has 0 bridgehead atoms. The molecular formula is C23H25N3O3. The molecule has 3 aromatic rings. The van der Waals surface area contributed by atoms with Crippen LogP contribution in [0.25, 0.3) is 0 Å². The number of ether oxygens (including phenoxy) is 2. The van der Waals surface area contributed by atoms with Crippen LogP contribution in [0, 0.1) is 13.8 Å². The van der Waals surface area contributed by atoms with Crippen molar-refractivity contribution in [3.05, 3.63) is 77.7 Å². The molecule has 0 unspecified atom stereocenters.